The lowest BCUT2D eigenvalue weighted by Gasteiger charge is -2.20. The van der Waals surface area contributed by atoms with Crippen LogP contribution in [0.3, 0.4) is 0 Å². The van der Waals surface area contributed by atoms with Crippen LogP contribution in [-0.4, -0.2) is 36.2 Å². The number of amides is 2. The Kier molecular flexibility index (Phi) is 6.54. The molecule has 0 aliphatic rings. The lowest BCUT2D eigenvalue weighted by molar-refractivity contribution is -0.122. The molecule has 0 bridgehead atoms. The number of ether oxygens (including phenoxy) is 1. The Labute approximate surface area is 152 Å². The summed E-state index contributed by atoms with van der Waals surface area (Å²) in [6.07, 6.45) is 2.14. The number of carbonyl (C=O) groups excluding carboxylic acids is 3. The van der Waals surface area contributed by atoms with Crippen molar-refractivity contribution in [3.8, 4) is 5.75 Å². The van der Waals surface area contributed by atoms with Gasteiger partial charge in [0.05, 0.1) is 6.04 Å². The Morgan fingerprint density at radius 1 is 1.23 bits per heavy atom. The largest absolute Gasteiger partial charge is 0.483 e. The molecule has 0 aliphatic heterocycles. The van der Waals surface area contributed by atoms with Gasteiger partial charge in [0.25, 0.3) is 11.8 Å². The molecule has 1 atom stereocenters. The maximum Gasteiger partial charge on any atom is 0.268 e. The highest BCUT2D eigenvalue weighted by atomic mass is 16.5. The zero-order valence-corrected chi connectivity index (χ0v) is 15.1. The van der Waals surface area contributed by atoms with Crippen LogP contribution in [0.5, 0.6) is 5.75 Å². The van der Waals surface area contributed by atoms with Crippen molar-refractivity contribution in [3.05, 3.63) is 53.3 Å². The first kappa shape index (κ1) is 19.2. The van der Waals surface area contributed by atoms with E-state index in [1.165, 1.54) is 19.2 Å². The lowest BCUT2D eigenvalue weighted by Crippen LogP contribution is -2.29. The van der Waals surface area contributed by atoms with Crippen molar-refractivity contribution >= 4 is 17.6 Å². The molecule has 2 aromatic rings. The quantitative estimate of drug-likeness (QED) is 0.631. The van der Waals surface area contributed by atoms with E-state index in [0.717, 1.165) is 5.56 Å². The van der Waals surface area contributed by atoms with E-state index < -0.39 is 0 Å². The van der Waals surface area contributed by atoms with Crippen LogP contribution >= 0.6 is 0 Å². The van der Waals surface area contributed by atoms with Crippen molar-refractivity contribution in [2.75, 3.05) is 13.7 Å². The Hall–Kier alpha value is -3.09. The van der Waals surface area contributed by atoms with Gasteiger partial charge in [-0.05, 0) is 25.5 Å². The second kappa shape index (κ2) is 8.84. The van der Waals surface area contributed by atoms with Gasteiger partial charge in [0.1, 0.15) is 11.4 Å². The molecular weight excluding hydrogens is 334 g/mol. The number of likely N-dealkylation sites (N-methyl/N-ethyl adjacent to an activating group) is 1. The molecule has 0 spiro atoms. The zero-order chi connectivity index (χ0) is 19.1. The molecule has 26 heavy (non-hydrogen) atoms. The second-order valence-electron chi connectivity index (χ2n) is 5.79. The maximum absolute atomic E-state index is 12.5. The van der Waals surface area contributed by atoms with Gasteiger partial charge in [0.2, 0.25) is 0 Å². The first-order chi connectivity index (χ1) is 12.5. The van der Waals surface area contributed by atoms with Crippen LogP contribution in [0.25, 0.3) is 0 Å². The first-order valence-electron chi connectivity index (χ1n) is 8.38. The predicted molar refractivity (Wildman–Crippen MR) is 97.3 cm³/mol. The predicted octanol–water partition coefficient (Wildman–Crippen LogP) is 2.22. The van der Waals surface area contributed by atoms with Gasteiger partial charge in [-0.15, -0.1) is 0 Å². The molecule has 0 unspecified atom stereocenters. The summed E-state index contributed by atoms with van der Waals surface area (Å²) in [7, 11) is 1.54. The third kappa shape index (κ3) is 4.72. The summed E-state index contributed by atoms with van der Waals surface area (Å²) < 4.78 is 5.58. The molecule has 0 saturated heterocycles. The van der Waals surface area contributed by atoms with Crippen molar-refractivity contribution < 1.29 is 19.1 Å². The highest BCUT2D eigenvalue weighted by molar-refractivity contribution is 5.99. The van der Waals surface area contributed by atoms with Gasteiger partial charge < -0.3 is 20.4 Å². The molecule has 1 aromatic heterocycles. The molecule has 7 heteroatoms. The minimum atomic E-state index is -0.314. The van der Waals surface area contributed by atoms with Crippen LogP contribution in [0.15, 0.2) is 36.5 Å². The van der Waals surface area contributed by atoms with Gasteiger partial charge in [-0.2, -0.15) is 0 Å². The summed E-state index contributed by atoms with van der Waals surface area (Å²) in [5, 5.41) is 5.43. The minimum Gasteiger partial charge on any atom is -0.483 e. The Balaban J connectivity index is 2.15. The molecule has 1 aromatic carbocycles. The van der Waals surface area contributed by atoms with E-state index in [1.54, 1.807) is 19.2 Å². The number of aromatic nitrogens is 1. The fourth-order valence-corrected chi connectivity index (χ4v) is 2.48. The molecule has 0 fully saturated rings. The molecule has 3 N–H and O–H groups in total. The van der Waals surface area contributed by atoms with Gasteiger partial charge in [0.15, 0.2) is 12.4 Å². The molecule has 2 amide bonds. The number of hydrogen-bond donors (Lipinski definition) is 3. The fourth-order valence-electron chi connectivity index (χ4n) is 2.48. The standard InChI is InChI=1S/C19H23N3O4/c1-4-15(22-19(25)16-9-13(10-21-16)12(2)23)14-7-5-6-8-17(14)26-11-18(24)20-3/h5-10,15,21H,4,11H2,1-3H3,(H,20,24)(H,22,25)/t15-/m0/s1. The third-order valence-electron chi connectivity index (χ3n) is 3.98. The number of para-hydroxylation sites is 1. The Morgan fingerprint density at radius 2 is 1.96 bits per heavy atom. The zero-order valence-electron chi connectivity index (χ0n) is 15.1. The van der Waals surface area contributed by atoms with Crippen LogP contribution < -0.4 is 15.4 Å². The van der Waals surface area contributed by atoms with Gasteiger partial charge in [-0.3, -0.25) is 14.4 Å². The minimum absolute atomic E-state index is 0.101. The average molecular weight is 357 g/mol. The number of benzene rings is 1. The van der Waals surface area contributed by atoms with E-state index in [0.29, 0.717) is 23.4 Å². The molecule has 0 aliphatic carbocycles. The fraction of sp³-hybridized carbons (Fsp3) is 0.316. The summed E-state index contributed by atoms with van der Waals surface area (Å²) in [5.41, 5.74) is 1.56. The normalized spacial score (nSPS) is 11.5. The van der Waals surface area contributed by atoms with Gasteiger partial charge >= 0.3 is 0 Å². The van der Waals surface area contributed by atoms with Crippen molar-refractivity contribution in [2.45, 2.75) is 26.3 Å². The molecule has 138 valence electrons. The second-order valence-corrected chi connectivity index (χ2v) is 5.79. The SMILES string of the molecule is CC[C@H](NC(=O)c1cc(C(C)=O)c[nH]1)c1ccccc1OCC(=O)NC. The monoisotopic (exact) mass is 357 g/mol. The van der Waals surface area contributed by atoms with Crippen LogP contribution in [0, 0.1) is 0 Å². The number of ketones is 1. The molecule has 1 heterocycles. The summed E-state index contributed by atoms with van der Waals surface area (Å²) in [6.45, 7) is 3.28. The van der Waals surface area contributed by atoms with E-state index in [9.17, 15) is 14.4 Å². The third-order valence-corrected chi connectivity index (χ3v) is 3.98. The van der Waals surface area contributed by atoms with Crippen molar-refractivity contribution in [3.63, 3.8) is 0 Å². The van der Waals surface area contributed by atoms with E-state index >= 15 is 0 Å². The van der Waals surface area contributed by atoms with E-state index in [2.05, 4.69) is 15.6 Å². The van der Waals surface area contributed by atoms with Crippen molar-refractivity contribution in [1.82, 2.24) is 15.6 Å². The highest BCUT2D eigenvalue weighted by Crippen LogP contribution is 2.27. The van der Waals surface area contributed by atoms with E-state index in [4.69, 9.17) is 4.74 Å². The van der Waals surface area contributed by atoms with Gasteiger partial charge in [0, 0.05) is 24.4 Å². The van der Waals surface area contributed by atoms with Gasteiger partial charge in [-0.25, -0.2) is 0 Å². The average Bonchev–Trinajstić information content (AvgIpc) is 3.15. The number of carbonyl (C=O) groups is 3. The summed E-state index contributed by atoms with van der Waals surface area (Å²) >= 11 is 0. The van der Waals surface area contributed by atoms with Crippen LogP contribution in [0.1, 0.15) is 52.7 Å². The highest BCUT2D eigenvalue weighted by Gasteiger charge is 2.19. The number of H-pyrrole nitrogens is 1. The Bertz CT molecular complexity index is 798. The first-order valence-corrected chi connectivity index (χ1v) is 8.38. The number of hydrogen-bond acceptors (Lipinski definition) is 4. The van der Waals surface area contributed by atoms with E-state index in [1.807, 2.05) is 19.1 Å². The maximum atomic E-state index is 12.5. The molecule has 2 rings (SSSR count). The lowest BCUT2D eigenvalue weighted by atomic mass is 10.0. The number of nitrogens with one attached hydrogen (secondary N) is 3. The van der Waals surface area contributed by atoms with Crippen LogP contribution in [0.4, 0.5) is 0 Å². The summed E-state index contributed by atoms with van der Waals surface area (Å²) in [5.74, 6) is -0.120. The molecule has 0 radical (unpaired) electrons. The number of Topliss-reactive ketones (excluding diaryl/α,β-unsaturated/α-hetero) is 1. The van der Waals surface area contributed by atoms with Gasteiger partial charge in [-0.1, -0.05) is 25.1 Å². The Morgan fingerprint density at radius 3 is 2.58 bits per heavy atom. The smallest absolute Gasteiger partial charge is 0.268 e. The number of rotatable bonds is 8. The van der Waals surface area contributed by atoms with Crippen LogP contribution in [0.2, 0.25) is 0 Å². The van der Waals surface area contributed by atoms with Crippen molar-refractivity contribution in [1.29, 1.82) is 0 Å². The molecular formula is C19H23N3O4. The number of aromatic amines is 1. The van der Waals surface area contributed by atoms with Crippen LogP contribution in [-0.2, 0) is 4.79 Å². The topological polar surface area (TPSA) is 100 Å². The summed E-state index contributed by atoms with van der Waals surface area (Å²) in [4.78, 5) is 38.1. The van der Waals surface area contributed by atoms with Crippen molar-refractivity contribution in [2.24, 2.45) is 0 Å². The van der Waals surface area contributed by atoms with E-state index in [-0.39, 0.29) is 30.2 Å². The molecule has 7 nitrogen and oxygen atoms in total. The molecule has 0 saturated carbocycles. The summed E-state index contributed by atoms with van der Waals surface area (Å²) in [6, 6.07) is 8.49.